The minimum atomic E-state index is -0.366. The van der Waals surface area contributed by atoms with E-state index in [1.54, 1.807) is 60.7 Å². The fourth-order valence-electron chi connectivity index (χ4n) is 2.89. The highest BCUT2D eigenvalue weighted by Gasteiger charge is 2.13. The highest BCUT2D eigenvalue weighted by atomic mass is 35.5. The van der Waals surface area contributed by atoms with Crippen molar-refractivity contribution in [1.29, 1.82) is 0 Å². The Labute approximate surface area is 188 Å². The summed E-state index contributed by atoms with van der Waals surface area (Å²) in [4.78, 5) is 24.6. The molecule has 0 aliphatic heterocycles. The number of anilines is 2. The maximum Gasteiger partial charge on any atom is 0.291 e. The van der Waals surface area contributed by atoms with Crippen LogP contribution in [0.25, 0.3) is 11.0 Å². The molecule has 8 heteroatoms. The van der Waals surface area contributed by atoms with Crippen molar-refractivity contribution in [2.24, 2.45) is 0 Å². The molecule has 0 aliphatic carbocycles. The number of hydrogen-bond acceptors (Lipinski definition) is 4. The van der Waals surface area contributed by atoms with Crippen LogP contribution in [-0.4, -0.2) is 16.9 Å². The number of thiocarbonyl (C=S) groups is 1. The van der Waals surface area contributed by atoms with Gasteiger partial charge in [-0.2, -0.15) is 0 Å². The summed E-state index contributed by atoms with van der Waals surface area (Å²) in [5.74, 6) is -0.482. The van der Waals surface area contributed by atoms with Crippen LogP contribution in [0.2, 0.25) is 5.02 Å². The number of carbonyl (C=O) groups is 2. The van der Waals surface area contributed by atoms with Gasteiger partial charge >= 0.3 is 0 Å². The summed E-state index contributed by atoms with van der Waals surface area (Å²) in [6.45, 7) is 0. The Balaban J connectivity index is 1.34. The predicted octanol–water partition coefficient (Wildman–Crippen LogP) is 5.47. The van der Waals surface area contributed by atoms with Crippen molar-refractivity contribution in [3.8, 4) is 0 Å². The normalized spacial score (nSPS) is 10.5. The number of para-hydroxylation sites is 1. The van der Waals surface area contributed by atoms with Crippen LogP contribution in [0.3, 0.4) is 0 Å². The van der Waals surface area contributed by atoms with Crippen LogP contribution in [0.4, 0.5) is 11.4 Å². The second-order valence-corrected chi connectivity index (χ2v) is 7.44. The minimum Gasteiger partial charge on any atom is -0.451 e. The number of benzene rings is 3. The average molecular weight is 450 g/mol. The highest BCUT2D eigenvalue weighted by Crippen LogP contribution is 2.20. The molecule has 4 rings (SSSR count). The largest absolute Gasteiger partial charge is 0.451 e. The molecule has 154 valence electrons. The number of fused-ring (bicyclic) bond motifs is 1. The quantitative estimate of drug-likeness (QED) is 0.360. The van der Waals surface area contributed by atoms with E-state index < -0.39 is 0 Å². The third-order valence-corrected chi connectivity index (χ3v) is 4.80. The van der Waals surface area contributed by atoms with Crippen molar-refractivity contribution in [1.82, 2.24) is 5.32 Å². The number of furan rings is 1. The van der Waals surface area contributed by atoms with Crippen LogP contribution in [0.15, 0.2) is 83.3 Å². The van der Waals surface area contributed by atoms with E-state index in [9.17, 15) is 9.59 Å². The van der Waals surface area contributed by atoms with Gasteiger partial charge in [0.15, 0.2) is 10.9 Å². The first kappa shape index (κ1) is 20.6. The Morgan fingerprint density at radius 3 is 2.23 bits per heavy atom. The van der Waals surface area contributed by atoms with Crippen molar-refractivity contribution in [3.05, 3.63) is 95.2 Å². The van der Waals surface area contributed by atoms with E-state index in [2.05, 4.69) is 16.0 Å². The molecule has 1 heterocycles. The van der Waals surface area contributed by atoms with Crippen molar-refractivity contribution >= 4 is 63.1 Å². The smallest absolute Gasteiger partial charge is 0.291 e. The molecule has 0 unspecified atom stereocenters. The van der Waals surface area contributed by atoms with E-state index in [-0.39, 0.29) is 22.7 Å². The Hall–Kier alpha value is -3.68. The highest BCUT2D eigenvalue weighted by molar-refractivity contribution is 7.80. The van der Waals surface area contributed by atoms with Gasteiger partial charge in [-0.1, -0.05) is 35.9 Å². The lowest BCUT2D eigenvalue weighted by molar-refractivity contribution is 0.0975. The first-order valence-corrected chi connectivity index (χ1v) is 10.0. The molecule has 1 aromatic heterocycles. The summed E-state index contributed by atoms with van der Waals surface area (Å²) in [5, 5.41) is 9.77. The Bertz CT molecular complexity index is 1250. The number of halogens is 1. The zero-order valence-corrected chi connectivity index (χ0v) is 17.6. The number of rotatable bonds is 4. The predicted molar refractivity (Wildman–Crippen MR) is 126 cm³/mol. The average Bonchev–Trinajstić information content (AvgIpc) is 3.19. The molecule has 0 saturated carbocycles. The fourth-order valence-corrected chi connectivity index (χ4v) is 3.29. The van der Waals surface area contributed by atoms with Gasteiger partial charge in [-0.25, -0.2) is 0 Å². The van der Waals surface area contributed by atoms with E-state index >= 15 is 0 Å². The molecule has 0 spiro atoms. The standard InChI is InChI=1S/C23H16ClN3O3S/c24-16-6-3-5-15(12-16)21(28)27-23(31)26-18-10-8-17(9-11-18)25-22(29)20-13-14-4-1-2-7-19(14)30-20/h1-13H,(H,25,29)(H2,26,27,28,31). The molecule has 0 bridgehead atoms. The van der Waals surface area contributed by atoms with Crippen LogP contribution in [-0.2, 0) is 0 Å². The van der Waals surface area contributed by atoms with Crippen molar-refractivity contribution < 1.29 is 14.0 Å². The first-order chi connectivity index (χ1) is 15.0. The van der Waals surface area contributed by atoms with Crippen LogP contribution in [0, 0.1) is 0 Å². The maximum atomic E-state index is 12.4. The fraction of sp³-hybridized carbons (Fsp3) is 0. The molecule has 4 aromatic rings. The van der Waals surface area contributed by atoms with Crippen molar-refractivity contribution in [3.63, 3.8) is 0 Å². The van der Waals surface area contributed by atoms with E-state index in [1.165, 1.54) is 0 Å². The Kier molecular flexibility index (Phi) is 5.97. The molecule has 3 N–H and O–H groups in total. The zero-order chi connectivity index (χ0) is 21.8. The SMILES string of the molecule is O=C(NC(=S)Nc1ccc(NC(=O)c2cc3ccccc3o2)cc1)c1cccc(Cl)c1. The van der Waals surface area contributed by atoms with E-state index in [1.807, 2.05) is 18.2 Å². The summed E-state index contributed by atoms with van der Waals surface area (Å²) in [6, 6.07) is 22.6. The van der Waals surface area contributed by atoms with Gasteiger partial charge in [0.1, 0.15) is 5.58 Å². The molecule has 0 fully saturated rings. The molecule has 0 saturated heterocycles. The zero-order valence-electron chi connectivity index (χ0n) is 16.0. The van der Waals surface area contributed by atoms with E-state index in [4.69, 9.17) is 28.2 Å². The lowest BCUT2D eigenvalue weighted by Crippen LogP contribution is -2.34. The monoisotopic (exact) mass is 449 g/mol. The Morgan fingerprint density at radius 2 is 1.52 bits per heavy atom. The summed E-state index contributed by atoms with van der Waals surface area (Å²) >= 11 is 11.1. The van der Waals surface area contributed by atoms with Crippen LogP contribution < -0.4 is 16.0 Å². The third-order valence-electron chi connectivity index (χ3n) is 4.36. The van der Waals surface area contributed by atoms with Gasteiger partial charge in [-0.15, -0.1) is 0 Å². The summed E-state index contributed by atoms with van der Waals surface area (Å²) in [6.07, 6.45) is 0. The van der Waals surface area contributed by atoms with E-state index in [0.717, 1.165) is 5.39 Å². The van der Waals surface area contributed by atoms with Crippen LogP contribution >= 0.6 is 23.8 Å². The molecular weight excluding hydrogens is 434 g/mol. The summed E-state index contributed by atoms with van der Waals surface area (Å²) < 4.78 is 5.57. The maximum absolute atomic E-state index is 12.4. The van der Waals surface area contributed by atoms with Crippen molar-refractivity contribution in [2.45, 2.75) is 0 Å². The lowest BCUT2D eigenvalue weighted by Gasteiger charge is -2.10. The molecule has 6 nitrogen and oxygen atoms in total. The van der Waals surface area contributed by atoms with Crippen LogP contribution in [0.1, 0.15) is 20.9 Å². The molecule has 2 amide bonds. The summed E-state index contributed by atoms with van der Waals surface area (Å²) in [5.41, 5.74) is 2.30. The van der Waals surface area contributed by atoms with Gasteiger partial charge in [0.05, 0.1) is 0 Å². The number of hydrogen-bond donors (Lipinski definition) is 3. The number of amides is 2. The van der Waals surface area contributed by atoms with Gasteiger partial charge in [0, 0.05) is 27.3 Å². The Morgan fingerprint density at radius 1 is 0.806 bits per heavy atom. The molecule has 0 aliphatic rings. The van der Waals surface area contributed by atoms with Gasteiger partial charge in [0.25, 0.3) is 11.8 Å². The molecule has 0 atom stereocenters. The van der Waals surface area contributed by atoms with Gasteiger partial charge in [-0.05, 0) is 66.8 Å². The van der Waals surface area contributed by atoms with Crippen LogP contribution in [0.5, 0.6) is 0 Å². The first-order valence-electron chi connectivity index (χ1n) is 9.26. The summed E-state index contributed by atoms with van der Waals surface area (Å²) in [7, 11) is 0. The van der Waals surface area contributed by atoms with Crippen molar-refractivity contribution in [2.75, 3.05) is 10.6 Å². The second kappa shape index (κ2) is 8.99. The minimum absolute atomic E-state index is 0.143. The third kappa shape index (κ3) is 5.09. The van der Waals surface area contributed by atoms with Gasteiger partial charge < -0.3 is 15.1 Å². The molecule has 31 heavy (non-hydrogen) atoms. The van der Waals surface area contributed by atoms with Gasteiger partial charge in [0.2, 0.25) is 0 Å². The van der Waals surface area contributed by atoms with Gasteiger partial charge in [-0.3, -0.25) is 14.9 Å². The number of carbonyl (C=O) groups excluding carboxylic acids is 2. The topological polar surface area (TPSA) is 83.4 Å². The van der Waals surface area contributed by atoms with E-state index in [0.29, 0.717) is 27.5 Å². The second-order valence-electron chi connectivity index (χ2n) is 6.60. The molecule has 0 radical (unpaired) electrons. The molecule has 3 aromatic carbocycles. The number of nitrogens with one attached hydrogen (secondary N) is 3. The lowest BCUT2D eigenvalue weighted by atomic mass is 10.2. The molecular formula is C23H16ClN3O3S.